The van der Waals surface area contributed by atoms with Crippen molar-refractivity contribution in [2.24, 2.45) is 10.2 Å². The van der Waals surface area contributed by atoms with Gasteiger partial charge in [-0.25, -0.2) is 0 Å². The van der Waals surface area contributed by atoms with Gasteiger partial charge in [0.15, 0.2) is 5.69 Å². The van der Waals surface area contributed by atoms with E-state index in [9.17, 15) is 14.7 Å². The molecule has 2 aromatic carbocycles. The molecule has 0 spiro atoms. The number of H-pyrrole nitrogens is 1. The minimum absolute atomic E-state index is 0.00944. The maximum absolute atomic E-state index is 12.3. The molecular formula is C21H20Br2N4O3. The fourth-order valence-electron chi connectivity index (χ4n) is 2.81. The average Bonchev–Trinajstić information content (AvgIpc) is 2.99. The Morgan fingerprint density at radius 3 is 2.43 bits per heavy atom. The number of halogens is 2. The molecule has 0 fully saturated rings. The first-order valence-electron chi connectivity index (χ1n) is 9.09. The van der Waals surface area contributed by atoms with Crippen LogP contribution in [0.5, 0.6) is 5.88 Å². The van der Waals surface area contributed by atoms with Gasteiger partial charge in [-0.2, -0.15) is 0 Å². The molecule has 0 unspecified atom stereocenters. The molecule has 9 heteroatoms. The monoisotopic (exact) mass is 534 g/mol. The van der Waals surface area contributed by atoms with Gasteiger partial charge < -0.3 is 15.4 Å². The summed E-state index contributed by atoms with van der Waals surface area (Å²) in [6.07, 6.45) is 0. The molecule has 0 atom stereocenters. The molecular weight excluding hydrogens is 516 g/mol. The Labute approximate surface area is 190 Å². The van der Waals surface area contributed by atoms with E-state index in [2.05, 4.69) is 73.2 Å². The van der Waals surface area contributed by atoms with E-state index in [0.29, 0.717) is 16.5 Å². The number of aromatic hydroxyl groups is 1. The Hall–Kier alpha value is -2.52. The van der Waals surface area contributed by atoms with Crippen LogP contribution in [0.2, 0.25) is 0 Å². The summed E-state index contributed by atoms with van der Waals surface area (Å²) in [7, 11) is 0. The molecule has 0 aliphatic rings. The summed E-state index contributed by atoms with van der Waals surface area (Å²) in [5.41, 5.74) is 2.33. The molecule has 1 aromatic heterocycles. The second-order valence-electron chi connectivity index (χ2n) is 7.74. The lowest BCUT2D eigenvalue weighted by Gasteiger charge is -2.18. The van der Waals surface area contributed by atoms with Crippen molar-refractivity contribution in [3.8, 4) is 5.88 Å². The van der Waals surface area contributed by atoms with E-state index in [0.717, 1.165) is 14.5 Å². The molecule has 0 aliphatic heterocycles. The number of carbonyl (C=O) groups excluding carboxylic acids is 2. The third-order valence-electron chi connectivity index (χ3n) is 4.45. The molecule has 3 rings (SSSR count). The zero-order chi connectivity index (χ0) is 22.1. The van der Waals surface area contributed by atoms with Gasteiger partial charge in [0.1, 0.15) is 6.54 Å². The van der Waals surface area contributed by atoms with E-state index < -0.39 is 5.91 Å². The van der Waals surface area contributed by atoms with Crippen LogP contribution < -0.4 is 5.32 Å². The molecule has 3 N–H and O–H groups in total. The summed E-state index contributed by atoms with van der Waals surface area (Å²) in [4.78, 5) is 27.1. The molecule has 0 saturated heterocycles. The van der Waals surface area contributed by atoms with Gasteiger partial charge in [-0.05, 0) is 51.2 Å². The third kappa shape index (κ3) is 4.96. The molecule has 7 nitrogen and oxygen atoms in total. The first-order chi connectivity index (χ1) is 14.1. The molecule has 2 amide bonds. The van der Waals surface area contributed by atoms with Crippen molar-refractivity contribution in [3.05, 3.63) is 56.5 Å². The number of hydrogen-bond acceptors (Lipinski definition) is 4. The van der Waals surface area contributed by atoms with Gasteiger partial charge >= 0.3 is 0 Å². The van der Waals surface area contributed by atoms with Crippen molar-refractivity contribution in [1.29, 1.82) is 0 Å². The van der Waals surface area contributed by atoms with Crippen molar-refractivity contribution in [1.82, 2.24) is 10.3 Å². The Bertz CT molecular complexity index is 1150. The van der Waals surface area contributed by atoms with Crippen molar-refractivity contribution in [2.45, 2.75) is 26.2 Å². The number of benzene rings is 2. The lowest BCUT2D eigenvalue weighted by Crippen LogP contribution is -2.28. The summed E-state index contributed by atoms with van der Waals surface area (Å²) in [6.45, 7) is 5.97. The molecule has 30 heavy (non-hydrogen) atoms. The van der Waals surface area contributed by atoms with Crippen LogP contribution in [0, 0.1) is 0 Å². The van der Waals surface area contributed by atoms with Crippen LogP contribution in [0.4, 0.5) is 5.69 Å². The number of carbonyl (C=O) groups is 2. The molecule has 0 radical (unpaired) electrons. The molecule has 0 saturated carbocycles. The number of azo groups is 1. The number of hydrogen-bond donors (Lipinski definition) is 3. The summed E-state index contributed by atoms with van der Waals surface area (Å²) in [5.74, 6) is -1.22. The summed E-state index contributed by atoms with van der Waals surface area (Å²) in [5, 5.41) is 20.7. The van der Waals surface area contributed by atoms with Gasteiger partial charge in [-0.15, -0.1) is 10.2 Å². The fraction of sp³-hybridized carbons (Fsp3) is 0.238. The van der Waals surface area contributed by atoms with Crippen LogP contribution in [0.1, 0.15) is 36.7 Å². The third-order valence-corrected chi connectivity index (χ3v) is 5.54. The van der Waals surface area contributed by atoms with E-state index in [4.69, 9.17) is 0 Å². The number of nitrogens with zero attached hydrogens (tertiary/aromatic N) is 2. The lowest BCUT2D eigenvalue weighted by atomic mass is 9.87. The van der Waals surface area contributed by atoms with Crippen LogP contribution in [-0.2, 0) is 10.2 Å². The van der Waals surface area contributed by atoms with E-state index in [1.165, 1.54) is 0 Å². The second-order valence-corrected chi connectivity index (χ2v) is 9.51. The number of aromatic amines is 1. The number of rotatable bonds is 4. The Kier molecular flexibility index (Phi) is 6.42. The molecule has 0 bridgehead atoms. The van der Waals surface area contributed by atoms with Gasteiger partial charge in [0, 0.05) is 19.9 Å². The highest BCUT2D eigenvalue weighted by Crippen LogP contribution is 2.40. The second kappa shape index (κ2) is 8.69. The van der Waals surface area contributed by atoms with Gasteiger partial charge in [0.2, 0.25) is 5.88 Å². The maximum atomic E-state index is 12.3. The van der Waals surface area contributed by atoms with Crippen LogP contribution >= 0.6 is 31.9 Å². The number of nitrogens with one attached hydrogen (secondary N) is 2. The minimum Gasteiger partial charge on any atom is -0.493 e. The predicted molar refractivity (Wildman–Crippen MR) is 122 cm³/mol. The van der Waals surface area contributed by atoms with Crippen molar-refractivity contribution < 1.29 is 14.7 Å². The molecule has 3 aromatic rings. The van der Waals surface area contributed by atoms with Gasteiger partial charge in [0.05, 0.1) is 5.52 Å². The van der Waals surface area contributed by atoms with E-state index >= 15 is 0 Å². The Morgan fingerprint density at radius 1 is 1.13 bits per heavy atom. The highest BCUT2D eigenvalue weighted by Gasteiger charge is 2.16. The summed E-state index contributed by atoms with van der Waals surface area (Å²) >= 11 is 6.77. The van der Waals surface area contributed by atoms with E-state index in [-0.39, 0.29) is 29.4 Å². The van der Waals surface area contributed by atoms with E-state index in [1.807, 2.05) is 18.2 Å². The van der Waals surface area contributed by atoms with Crippen molar-refractivity contribution in [3.63, 3.8) is 0 Å². The fourth-order valence-corrected chi connectivity index (χ4v) is 4.14. The normalized spacial score (nSPS) is 11.9. The van der Waals surface area contributed by atoms with Crippen LogP contribution in [-0.4, -0.2) is 28.4 Å². The highest BCUT2D eigenvalue weighted by molar-refractivity contribution is 9.11. The summed E-state index contributed by atoms with van der Waals surface area (Å²) < 4.78 is 1.49. The van der Waals surface area contributed by atoms with Gasteiger partial charge in [-0.3, -0.25) is 9.59 Å². The topological polar surface area (TPSA) is 107 Å². The van der Waals surface area contributed by atoms with Gasteiger partial charge in [-0.1, -0.05) is 48.8 Å². The quantitative estimate of drug-likeness (QED) is 0.371. The largest absolute Gasteiger partial charge is 0.493 e. The first kappa shape index (κ1) is 22.2. The average molecular weight is 536 g/mol. The molecule has 156 valence electrons. The first-order valence-corrected chi connectivity index (χ1v) is 10.7. The SMILES string of the molecule is CC(C)(C)c1ccc(C(=O)NCC(=O)N=Nc2c(O)[nH]c3c(Br)cc(Br)cc23)cc1. The van der Waals surface area contributed by atoms with Crippen molar-refractivity contribution >= 4 is 60.3 Å². The lowest BCUT2D eigenvalue weighted by molar-refractivity contribution is -0.117. The minimum atomic E-state index is -0.641. The molecule has 0 aliphatic carbocycles. The molecule has 1 heterocycles. The van der Waals surface area contributed by atoms with Crippen molar-refractivity contribution in [2.75, 3.05) is 6.54 Å². The van der Waals surface area contributed by atoms with Crippen LogP contribution in [0.25, 0.3) is 10.9 Å². The predicted octanol–water partition coefficient (Wildman–Crippen LogP) is 5.74. The van der Waals surface area contributed by atoms with Crippen LogP contribution in [0.3, 0.4) is 0 Å². The summed E-state index contributed by atoms with van der Waals surface area (Å²) in [6, 6.07) is 10.8. The zero-order valence-electron chi connectivity index (χ0n) is 16.6. The van der Waals surface area contributed by atoms with Crippen LogP contribution in [0.15, 0.2) is 55.6 Å². The Morgan fingerprint density at radius 2 is 1.80 bits per heavy atom. The Balaban J connectivity index is 1.66. The number of fused-ring (bicyclic) bond motifs is 1. The number of aromatic nitrogens is 1. The standard InChI is InChI=1S/C21H20Br2N4O3/c1-21(2,3)12-6-4-11(5-7-12)19(29)24-10-16(28)26-27-18-14-8-13(22)9-15(23)17(14)25-20(18)30/h4-9,25,30H,10H2,1-3H3,(H,24,29). The maximum Gasteiger partial charge on any atom is 0.283 e. The van der Waals surface area contributed by atoms with E-state index in [1.54, 1.807) is 18.2 Å². The highest BCUT2D eigenvalue weighted by atomic mass is 79.9. The van der Waals surface area contributed by atoms with Gasteiger partial charge in [0.25, 0.3) is 11.8 Å². The zero-order valence-corrected chi connectivity index (χ0v) is 19.8. The smallest absolute Gasteiger partial charge is 0.283 e. The number of amides is 2.